The van der Waals surface area contributed by atoms with Crippen LogP contribution in [0.15, 0.2) is 72.8 Å². The normalized spacial score (nSPS) is 11.9. The van der Waals surface area contributed by atoms with E-state index < -0.39 is 16.1 Å². The van der Waals surface area contributed by atoms with Gasteiger partial charge in [-0.2, -0.15) is 0 Å². The molecule has 1 unspecified atom stereocenters. The Labute approximate surface area is 250 Å². The molecule has 0 radical (unpaired) electrons. The van der Waals surface area contributed by atoms with Gasteiger partial charge in [0.05, 0.1) is 19.1 Å². The Morgan fingerprint density at radius 3 is 2.21 bits per heavy atom. The molecule has 0 bridgehead atoms. The number of nitrogens with zero attached hydrogens (tertiary/aromatic N) is 2. The first kappa shape index (κ1) is 32.7. The molecule has 42 heavy (non-hydrogen) atoms. The third-order valence-corrected chi connectivity index (χ3v) is 8.15. The van der Waals surface area contributed by atoms with Crippen LogP contribution >= 0.6 is 0 Å². The van der Waals surface area contributed by atoms with Gasteiger partial charge in [-0.05, 0) is 73.2 Å². The number of carbonyl (C=O) groups is 2. The molecule has 0 saturated carbocycles. The molecule has 0 aliphatic carbocycles. The van der Waals surface area contributed by atoms with Gasteiger partial charge in [0, 0.05) is 32.5 Å². The fourth-order valence-electron chi connectivity index (χ4n) is 4.99. The molecular formula is C33H43N3O5S. The Balaban J connectivity index is 1.90. The molecule has 0 aliphatic heterocycles. The maximum Gasteiger partial charge on any atom is 0.243 e. The van der Waals surface area contributed by atoms with Crippen LogP contribution in [0.3, 0.4) is 0 Å². The number of anilines is 1. The van der Waals surface area contributed by atoms with Crippen LogP contribution in [0.5, 0.6) is 5.75 Å². The lowest BCUT2D eigenvalue weighted by molar-refractivity contribution is -0.141. The smallest absolute Gasteiger partial charge is 0.243 e. The molecule has 0 aromatic heterocycles. The number of sulfonamides is 1. The lowest BCUT2D eigenvalue weighted by Crippen LogP contribution is -2.50. The fourth-order valence-corrected chi connectivity index (χ4v) is 5.94. The number of hydrogen-bond acceptors (Lipinski definition) is 5. The first-order valence-corrected chi connectivity index (χ1v) is 16.2. The fraction of sp³-hybridized carbons (Fsp3) is 0.394. The van der Waals surface area contributed by atoms with Crippen LogP contribution in [-0.2, 0) is 32.6 Å². The molecule has 8 nitrogen and oxygen atoms in total. The Hall–Kier alpha value is -3.85. The molecule has 3 rings (SSSR count). The first-order valence-electron chi connectivity index (χ1n) is 14.3. The van der Waals surface area contributed by atoms with Crippen LogP contribution in [0.4, 0.5) is 5.69 Å². The van der Waals surface area contributed by atoms with Crippen molar-refractivity contribution in [1.29, 1.82) is 0 Å². The van der Waals surface area contributed by atoms with Gasteiger partial charge in [0.2, 0.25) is 21.8 Å². The summed E-state index contributed by atoms with van der Waals surface area (Å²) in [6, 6.07) is 22.0. The largest absolute Gasteiger partial charge is 0.497 e. The molecule has 0 spiro atoms. The molecule has 226 valence electrons. The second kappa shape index (κ2) is 15.4. The zero-order valence-corrected chi connectivity index (χ0v) is 26.1. The van der Waals surface area contributed by atoms with Gasteiger partial charge < -0.3 is 15.0 Å². The third-order valence-electron chi connectivity index (χ3n) is 6.95. The van der Waals surface area contributed by atoms with Gasteiger partial charge in [-0.1, -0.05) is 55.5 Å². The summed E-state index contributed by atoms with van der Waals surface area (Å²) in [5.41, 5.74) is 4.27. The van der Waals surface area contributed by atoms with Crippen molar-refractivity contribution in [1.82, 2.24) is 10.2 Å². The zero-order chi connectivity index (χ0) is 30.7. The average Bonchev–Trinajstić information content (AvgIpc) is 2.95. The Morgan fingerprint density at radius 2 is 1.60 bits per heavy atom. The van der Waals surface area contributed by atoms with Crippen molar-refractivity contribution >= 4 is 27.5 Å². The van der Waals surface area contributed by atoms with Gasteiger partial charge >= 0.3 is 0 Å². The van der Waals surface area contributed by atoms with Gasteiger partial charge in [0.15, 0.2) is 0 Å². The number of carbonyl (C=O) groups excluding carboxylic acids is 2. The summed E-state index contributed by atoms with van der Waals surface area (Å²) in [6.45, 7) is 6.69. The predicted molar refractivity (Wildman–Crippen MR) is 168 cm³/mol. The van der Waals surface area contributed by atoms with Crippen LogP contribution in [0, 0.1) is 13.8 Å². The van der Waals surface area contributed by atoms with Crippen molar-refractivity contribution in [2.24, 2.45) is 0 Å². The zero-order valence-electron chi connectivity index (χ0n) is 25.3. The second-order valence-electron chi connectivity index (χ2n) is 10.7. The van der Waals surface area contributed by atoms with Crippen LogP contribution in [-0.4, -0.2) is 57.6 Å². The number of ether oxygens (including phenoxy) is 1. The molecule has 1 N–H and O–H groups in total. The summed E-state index contributed by atoms with van der Waals surface area (Å²) in [7, 11) is -1.99. The molecule has 9 heteroatoms. The lowest BCUT2D eigenvalue weighted by Gasteiger charge is -2.32. The average molecular weight is 594 g/mol. The minimum atomic E-state index is -3.58. The standard InChI is InChI=1S/C33H43N3O5S/c1-6-17-34-33(38)31(23-27-12-8-7-9-13-27)35(24-28-14-10-15-30(22-28)41-4)32(37)16-11-18-36(42(5,39)40)29-20-25(2)19-26(3)21-29/h7-10,12-15,19-22,31H,6,11,16-18,23-24H2,1-5H3,(H,34,38). The number of aryl methyl sites for hydroxylation is 2. The number of benzene rings is 3. The van der Waals surface area contributed by atoms with Crippen molar-refractivity contribution in [3.05, 3.63) is 95.1 Å². The lowest BCUT2D eigenvalue weighted by atomic mass is 10.0. The topological polar surface area (TPSA) is 96.0 Å². The number of hydrogen-bond donors (Lipinski definition) is 1. The second-order valence-corrected chi connectivity index (χ2v) is 12.6. The molecular weight excluding hydrogens is 550 g/mol. The van der Waals surface area contributed by atoms with E-state index >= 15 is 0 Å². The van der Waals surface area contributed by atoms with Gasteiger partial charge in [-0.25, -0.2) is 8.42 Å². The first-order chi connectivity index (χ1) is 20.0. The van der Waals surface area contributed by atoms with Crippen LogP contribution in [0.25, 0.3) is 0 Å². The van der Waals surface area contributed by atoms with Crippen LogP contribution in [0.1, 0.15) is 48.4 Å². The quantitative estimate of drug-likeness (QED) is 0.267. The highest BCUT2D eigenvalue weighted by molar-refractivity contribution is 7.92. The van der Waals surface area contributed by atoms with E-state index in [1.165, 1.54) is 10.6 Å². The van der Waals surface area contributed by atoms with E-state index in [0.29, 0.717) is 30.8 Å². The third kappa shape index (κ3) is 9.62. The van der Waals surface area contributed by atoms with E-state index in [1.54, 1.807) is 12.0 Å². The minimum Gasteiger partial charge on any atom is -0.497 e. The van der Waals surface area contributed by atoms with Crippen molar-refractivity contribution < 1.29 is 22.7 Å². The van der Waals surface area contributed by atoms with E-state index in [-0.39, 0.29) is 31.3 Å². The van der Waals surface area contributed by atoms with E-state index in [9.17, 15) is 18.0 Å². The van der Waals surface area contributed by atoms with E-state index in [2.05, 4.69) is 5.32 Å². The maximum absolute atomic E-state index is 13.9. The SMILES string of the molecule is CCCNC(=O)C(Cc1ccccc1)N(Cc1cccc(OC)c1)C(=O)CCCN(c1cc(C)cc(C)c1)S(C)(=O)=O. The summed E-state index contributed by atoms with van der Waals surface area (Å²) < 4.78 is 32.2. The van der Waals surface area contributed by atoms with Gasteiger partial charge in [-0.3, -0.25) is 13.9 Å². The van der Waals surface area contributed by atoms with Gasteiger partial charge in [-0.15, -0.1) is 0 Å². The van der Waals surface area contributed by atoms with E-state index in [1.807, 2.05) is 93.6 Å². The Kier molecular flexibility index (Phi) is 12.0. The summed E-state index contributed by atoms with van der Waals surface area (Å²) in [6.07, 6.45) is 2.67. The minimum absolute atomic E-state index is 0.0765. The van der Waals surface area contributed by atoms with Crippen molar-refractivity contribution in [3.8, 4) is 5.75 Å². The number of amides is 2. The van der Waals surface area contributed by atoms with Crippen molar-refractivity contribution in [3.63, 3.8) is 0 Å². The molecule has 0 aliphatic rings. The highest BCUT2D eigenvalue weighted by Gasteiger charge is 2.30. The Bertz CT molecular complexity index is 1420. The number of nitrogens with one attached hydrogen (secondary N) is 1. The highest BCUT2D eigenvalue weighted by atomic mass is 32.2. The monoisotopic (exact) mass is 593 g/mol. The molecule has 0 heterocycles. The maximum atomic E-state index is 13.9. The van der Waals surface area contributed by atoms with Crippen LogP contribution in [0.2, 0.25) is 0 Å². The molecule has 1 atom stereocenters. The van der Waals surface area contributed by atoms with E-state index in [4.69, 9.17) is 4.74 Å². The Morgan fingerprint density at radius 1 is 0.929 bits per heavy atom. The summed E-state index contributed by atoms with van der Waals surface area (Å²) in [5.74, 6) is 0.219. The summed E-state index contributed by atoms with van der Waals surface area (Å²) in [5, 5.41) is 2.98. The summed E-state index contributed by atoms with van der Waals surface area (Å²) >= 11 is 0. The van der Waals surface area contributed by atoms with Gasteiger partial charge in [0.1, 0.15) is 11.8 Å². The van der Waals surface area contributed by atoms with Crippen LogP contribution < -0.4 is 14.4 Å². The molecule has 0 fully saturated rings. The number of rotatable bonds is 15. The number of methoxy groups -OCH3 is 1. The van der Waals surface area contributed by atoms with Crippen molar-refractivity contribution in [2.75, 3.05) is 30.8 Å². The van der Waals surface area contributed by atoms with Gasteiger partial charge in [0.25, 0.3) is 0 Å². The van der Waals surface area contributed by atoms with E-state index in [0.717, 1.165) is 28.7 Å². The molecule has 0 saturated heterocycles. The molecule has 3 aromatic rings. The van der Waals surface area contributed by atoms with Crippen molar-refractivity contribution in [2.45, 2.75) is 59.0 Å². The highest BCUT2D eigenvalue weighted by Crippen LogP contribution is 2.23. The molecule has 3 aromatic carbocycles. The predicted octanol–water partition coefficient (Wildman–Crippen LogP) is 5.02. The molecule has 2 amide bonds. The summed E-state index contributed by atoms with van der Waals surface area (Å²) in [4.78, 5) is 29.1.